The van der Waals surface area contributed by atoms with Crippen LogP contribution in [0.5, 0.6) is 5.75 Å². The molecule has 3 heterocycles. The zero-order chi connectivity index (χ0) is 21.1. The van der Waals surface area contributed by atoms with Crippen LogP contribution in [0.25, 0.3) is 10.2 Å². The minimum absolute atomic E-state index is 0.146. The molecule has 30 heavy (non-hydrogen) atoms. The molecule has 1 saturated heterocycles. The van der Waals surface area contributed by atoms with Crippen LogP contribution in [0, 0.1) is 13.8 Å². The van der Waals surface area contributed by atoms with Crippen LogP contribution >= 0.6 is 11.3 Å². The molecule has 2 aromatic heterocycles. The first-order valence-corrected chi connectivity index (χ1v) is 10.7. The molecule has 0 radical (unpaired) electrons. The predicted octanol–water partition coefficient (Wildman–Crippen LogP) is 4.35. The van der Waals surface area contributed by atoms with Gasteiger partial charge in [0.2, 0.25) is 0 Å². The second-order valence-corrected chi connectivity index (χ2v) is 8.42. The van der Waals surface area contributed by atoms with Crippen molar-refractivity contribution in [2.24, 2.45) is 0 Å². The fourth-order valence-corrected chi connectivity index (χ4v) is 4.52. The van der Waals surface area contributed by atoms with Gasteiger partial charge in [0.1, 0.15) is 22.2 Å². The van der Waals surface area contributed by atoms with E-state index in [0.29, 0.717) is 13.1 Å². The quantitative estimate of drug-likeness (QED) is 0.597. The average Bonchev–Trinajstić information content (AvgIpc) is 3.00. The summed E-state index contributed by atoms with van der Waals surface area (Å²) in [4.78, 5) is 14.1. The Morgan fingerprint density at radius 3 is 2.80 bits per heavy atom. The number of rotatable bonds is 7. The molecule has 9 heteroatoms. The lowest BCUT2D eigenvalue weighted by atomic mass is 10.2. The van der Waals surface area contributed by atoms with Crippen molar-refractivity contribution in [2.45, 2.75) is 33.5 Å². The number of nitrogens with one attached hydrogen (secondary N) is 1. The molecule has 1 N–H and O–H groups in total. The second kappa shape index (κ2) is 9.20. The Labute approximate surface area is 177 Å². The van der Waals surface area contributed by atoms with Crippen LogP contribution in [0.3, 0.4) is 0 Å². The van der Waals surface area contributed by atoms with E-state index in [4.69, 9.17) is 14.7 Å². The van der Waals surface area contributed by atoms with Crippen molar-refractivity contribution in [2.75, 3.05) is 31.6 Å². The summed E-state index contributed by atoms with van der Waals surface area (Å²) in [6.45, 7) is 5.60. The minimum atomic E-state index is -2.84. The molecular formula is C21H24F2N4O2S. The Kier molecular flexibility index (Phi) is 6.40. The summed E-state index contributed by atoms with van der Waals surface area (Å²) in [6.07, 6.45) is 0. The van der Waals surface area contributed by atoms with Gasteiger partial charge in [-0.15, -0.1) is 11.3 Å². The molecule has 0 bridgehead atoms. The Bertz CT molecular complexity index is 1020. The zero-order valence-corrected chi connectivity index (χ0v) is 17.8. The monoisotopic (exact) mass is 434 g/mol. The molecule has 1 aliphatic rings. The number of thiophene rings is 1. The van der Waals surface area contributed by atoms with Crippen molar-refractivity contribution in [3.8, 4) is 5.75 Å². The number of fused-ring (bicyclic) bond motifs is 1. The summed E-state index contributed by atoms with van der Waals surface area (Å²) in [5.41, 5.74) is 1.99. The smallest absolute Gasteiger partial charge is 0.387 e. The number of nitrogens with zero attached hydrogens (tertiary/aromatic N) is 3. The van der Waals surface area contributed by atoms with E-state index in [0.717, 1.165) is 59.3 Å². The highest BCUT2D eigenvalue weighted by molar-refractivity contribution is 7.18. The van der Waals surface area contributed by atoms with E-state index in [-0.39, 0.29) is 5.75 Å². The van der Waals surface area contributed by atoms with Gasteiger partial charge in [-0.2, -0.15) is 8.78 Å². The molecule has 0 atom stereocenters. The zero-order valence-electron chi connectivity index (χ0n) is 17.0. The summed E-state index contributed by atoms with van der Waals surface area (Å²) >= 11 is 1.66. The molecule has 1 aliphatic heterocycles. The first kappa shape index (κ1) is 20.9. The van der Waals surface area contributed by atoms with Gasteiger partial charge < -0.3 is 14.8 Å². The third-order valence-corrected chi connectivity index (χ3v) is 6.23. The third kappa shape index (κ3) is 4.85. The molecule has 160 valence electrons. The molecule has 1 aromatic carbocycles. The maximum atomic E-state index is 12.5. The number of alkyl halides is 2. The maximum Gasteiger partial charge on any atom is 0.387 e. The van der Waals surface area contributed by atoms with Gasteiger partial charge in [-0.3, -0.25) is 4.90 Å². The van der Waals surface area contributed by atoms with Crippen molar-refractivity contribution in [1.82, 2.24) is 14.9 Å². The first-order valence-electron chi connectivity index (χ1n) is 9.84. The summed E-state index contributed by atoms with van der Waals surface area (Å²) in [7, 11) is 0. The second-order valence-electron chi connectivity index (χ2n) is 7.22. The SMILES string of the molecule is Cc1sc2nc(CN3CCOCC3)nc(NCc3cccc(OC(F)F)c3)c2c1C. The van der Waals surface area contributed by atoms with E-state index in [1.54, 1.807) is 23.5 Å². The van der Waals surface area contributed by atoms with Gasteiger partial charge in [0.25, 0.3) is 0 Å². The molecule has 1 fully saturated rings. The van der Waals surface area contributed by atoms with Crippen LogP contribution in [0.1, 0.15) is 21.8 Å². The fraction of sp³-hybridized carbons (Fsp3) is 0.429. The van der Waals surface area contributed by atoms with Crippen molar-refractivity contribution in [1.29, 1.82) is 0 Å². The van der Waals surface area contributed by atoms with Crippen molar-refractivity contribution >= 4 is 27.4 Å². The van der Waals surface area contributed by atoms with E-state index in [1.807, 2.05) is 6.07 Å². The number of hydrogen-bond donors (Lipinski definition) is 1. The number of ether oxygens (including phenoxy) is 2. The molecule has 0 unspecified atom stereocenters. The number of halogens is 2. The molecule has 0 saturated carbocycles. The highest BCUT2D eigenvalue weighted by Crippen LogP contribution is 2.33. The van der Waals surface area contributed by atoms with Gasteiger partial charge in [0.05, 0.1) is 25.1 Å². The molecule has 3 aromatic rings. The number of morpholine rings is 1. The van der Waals surface area contributed by atoms with Gasteiger partial charge in [-0.05, 0) is 37.1 Å². The number of aromatic nitrogens is 2. The normalized spacial score (nSPS) is 15.1. The maximum absolute atomic E-state index is 12.5. The number of anilines is 1. The van der Waals surface area contributed by atoms with E-state index >= 15 is 0 Å². The van der Waals surface area contributed by atoms with Gasteiger partial charge in [-0.25, -0.2) is 9.97 Å². The highest BCUT2D eigenvalue weighted by atomic mass is 32.1. The molecule has 0 aliphatic carbocycles. The van der Waals surface area contributed by atoms with Gasteiger partial charge >= 0.3 is 6.61 Å². The highest BCUT2D eigenvalue weighted by Gasteiger charge is 2.18. The van der Waals surface area contributed by atoms with Crippen LogP contribution in [0.4, 0.5) is 14.6 Å². The molecule has 4 rings (SSSR count). The Balaban J connectivity index is 1.58. The number of aryl methyl sites for hydroxylation is 2. The van der Waals surface area contributed by atoms with Crippen molar-refractivity contribution in [3.05, 3.63) is 46.1 Å². The number of hydrogen-bond acceptors (Lipinski definition) is 7. The standard InChI is InChI=1S/C21H24F2N4O2S/c1-13-14(2)30-20-18(13)19(25-17(26-20)12-27-6-8-28-9-7-27)24-11-15-4-3-5-16(10-15)29-21(22)23/h3-5,10,21H,6-9,11-12H2,1-2H3,(H,24,25,26). The van der Waals surface area contributed by atoms with E-state index < -0.39 is 6.61 Å². The average molecular weight is 435 g/mol. The lowest BCUT2D eigenvalue weighted by Crippen LogP contribution is -2.36. The lowest BCUT2D eigenvalue weighted by molar-refractivity contribution is -0.0498. The number of benzene rings is 1. The van der Waals surface area contributed by atoms with Gasteiger partial charge in [-0.1, -0.05) is 12.1 Å². The molecule has 0 amide bonds. The third-order valence-electron chi connectivity index (χ3n) is 5.13. The van der Waals surface area contributed by atoms with Crippen molar-refractivity contribution < 1.29 is 18.3 Å². The predicted molar refractivity (Wildman–Crippen MR) is 113 cm³/mol. The molecular weight excluding hydrogens is 410 g/mol. The summed E-state index contributed by atoms with van der Waals surface area (Å²) in [5, 5.41) is 4.40. The van der Waals surface area contributed by atoms with E-state index in [1.165, 1.54) is 10.9 Å². The van der Waals surface area contributed by atoms with Gasteiger partial charge in [0, 0.05) is 24.5 Å². The summed E-state index contributed by atoms with van der Waals surface area (Å²) in [6, 6.07) is 6.70. The summed E-state index contributed by atoms with van der Waals surface area (Å²) < 4.78 is 34.9. The fourth-order valence-electron chi connectivity index (χ4n) is 3.47. The van der Waals surface area contributed by atoms with E-state index in [9.17, 15) is 8.78 Å². The summed E-state index contributed by atoms with van der Waals surface area (Å²) in [5.74, 6) is 1.68. The van der Waals surface area contributed by atoms with Gasteiger partial charge in [0.15, 0.2) is 0 Å². The van der Waals surface area contributed by atoms with Crippen LogP contribution < -0.4 is 10.1 Å². The Morgan fingerprint density at radius 2 is 2.03 bits per heavy atom. The lowest BCUT2D eigenvalue weighted by Gasteiger charge is -2.25. The minimum Gasteiger partial charge on any atom is -0.435 e. The van der Waals surface area contributed by atoms with Crippen LogP contribution in [0.2, 0.25) is 0 Å². The van der Waals surface area contributed by atoms with Crippen LogP contribution in [-0.4, -0.2) is 47.8 Å². The van der Waals surface area contributed by atoms with E-state index in [2.05, 4.69) is 28.8 Å². The topological polar surface area (TPSA) is 59.5 Å². The van der Waals surface area contributed by atoms with Crippen LogP contribution in [-0.2, 0) is 17.8 Å². The largest absolute Gasteiger partial charge is 0.435 e. The van der Waals surface area contributed by atoms with Crippen LogP contribution in [0.15, 0.2) is 24.3 Å². The molecule has 0 spiro atoms. The Hall–Kier alpha value is -2.36. The Morgan fingerprint density at radius 1 is 1.23 bits per heavy atom. The van der Waals surface area contributed by atoms with Crippen molar-refractivity contribution in [3.63, 3.8) is 0 Å². The molecule has 6 nitrogen and oxygen atoms in total. The first-order chi connectivity index (χ1) is 14.5.